The van der Waals surface area contributed by atoms with Crippen LogP contribution in [-0.4, -0.2) is 0 Å². The lowest BCUT2D eigenvalue weighted by Gasteiger charge is -2.19. The Kier molecular flexibility index (Phi) is 5.89. The van der Waals surface area contributed by atoms with Gasteiger partial charge in [-0.05, 0) is 92.5 Å². The fourth-order valence-electron chi connectivity index (χ4n) is 7.08. The number of nitrogens with one attached hydrogen (secondary N) is 1. The van der Waals surface area contributed by atoms with Crippen LogP contribution in [0.3, 0.4) is 0 Å². The van der Waals surface area contributed by atoms with E-state index in [2.05, 4.69) is 151 Å². The molecule has 2 heteroatoms. The minimum absolute atomic E-state index is 1.08. The van der Waals surface area contributed by atoms with Crippen LogP contribution in [0.15, 0.2) is 140 Å². The molecule has 1 N–H and O–H groups in total. The van der Waals surface area contributed by atoms with E-state index < -0.39 is 0 Å². The first-order chi connectivity index (χ1) is 21.8. The van der Waals surface area contributed by atoms with E-state index in [1.54, 1.807) is 0 Å². The van der Waals surface area contributed by atoms with Crippen LogP contribution >= 0.6 is 11.3 Å². The van der Waals surface area contributed by atoms with E-state index in [1.165, 1.54) is 75.1 Å². The van der Waals surface area contributed by atoms with Crippen LogP contribution < -0.4 is 5.32 Å². The van der Waals surface area contributed by atoms with Crippen LogP contribution in [0.2, 0.25) is 0 Å². The summed E-state index contributed by atoms with van der Waals surface area (Å²) in [6, 6.07) is 48.8. The first-order valence-electron chi connectivity index (χ1n) is 15.3. The van der Waals surface area contributed by atoms with Gasteiger partial charge in [0, 0.05) is 37.1 Å². The fraction of sp³-hybridized carbons (Fsp3) is 0.0476. The maximum atomic E-state index is 3.82. The number of anilines is 2. The number of hydrogen-bond donors (Lipinski definition) is 1. The largest absolute Gasteiger partial charge is 0.355 e. The van der Waals surface area contributed by atoms with E-state index in [0.717, 1.165) is 24.2 Å². The van der Waals surface area contributed by atoms with E-state index in [1.807, 2.05) is 11.3 Å². The highest BCUT2D eigenvalue weighted by Crippen LogP contribution is 2.45. The highest BCUT2D eigenvalue weighted by molar-refractivity contribution is 7.26. The Morgan fingerprint density at radius 2 is 1.27 bits per heavy atom. The van der Waals surface area contributed by atoms with E-state index >= 15 is 0 Å². The minimum Gasteiger partial charge on any atom is -0.355 e. The minimum atomic E-state index is 1.08. The second-order valence-electron chi connectivity index (χ2n) is 11.7. The van der Waals surface area contributed by atoms with Gasteiger partial charge in [0.2, 0.25) is 0 Å². The molecule has 0 radical (unpaired) electrons. The van der Waals surface area contributed by atoms with Gasteiger partial charge in [-0.25, -0.2) is 0 Å². The Labute approximate surface area is 260 Å². The third kappa shape index (κ3) is 4.06. The van der Waals surface area contributed by atoms with Crippen molar-refractivity contribution in [2.24, 2.45) is 0 Å². The molecule has 0 aliphatic heterocycles. The lowest BCUT2D eigenvalue weighted by atomic mass is 9.86. The smallest absolute Gasteiger partial charge is 0.0478 e. The Morgan fingerprint density at radius 3 is 2.18 bits per heavy atom. The van der Waals surface area contributed by atoms with Gasteiger partial charge < -0.3 is 5.32 Å². The molecule has 0 amide bonds. The molecule has 1 aliphatic carbocycles. The van der Waals surface area contributed by atoms with Gasteiger partial charge >= 0.3 is 0 Å². The van der Waals surface area contributed by atoms with Gasteiger partial charge in [0.25, 0.3) is 0 Å². The highest BCUT2D eigenvalue weighted by atomic mass is 32.1. The van der Waals surface area contributed by atoms with Crippen molar-refractivity contribution in [3.63, 3.8) is 0 Å². The second-order valence-corrected chi connectivity index (χ2v) is 12.7. The van der Waals surface area contributed by atoms with Crippen LogP contribution in [0.4, 0.5) is 11.4 Å². The van der Waals surface area contributed by atoms with Crippen LogP contribution in [0, 0.1) is 0 Å². The van der Waals surface area contributed by atoms with Crippen molar-refractivity contribution in [2.75, 3.05) is 5.32 Å². The number of hydrogen-bond acceptors (Lipinski definition) is 2. The van der Waals surface area contributed by atoms with Crippen molar-refractivity contribution in [1.29, 1.82) is 0 Å². The van der Waals surface area contributed by atoms with Crippen molar-refractivity contribution < 1.29 is 0 Å². The molecule has 0 bridgehead atoms. The molecule has 9 rings (SSSR count). The zero-order valence-corrected chi connectivity index (χ0v) is 25.0. The molecule has 0 spiro atoms. The van der Waals surface area contributed by atoms with Crippen molar-refractivity contribution in [1.82, 2.24) is 0 Å². The number of aryl methyl sites for hydroxylation is 1. The molecule has 8 aromatic rings. The standard InChI is InChI=1S/C42H29NS/c1-2-11-27(12-3-1)41-39(24-23-37-36-19-8-9-20-40(36)44-42(37)41)43-30-14-10-13-28(25-30)29-21-22-35-33-17-5-4-15-31(33)32-16-6-7-18-34(32)38(35)26-29/h1-4,6-16,18-26,43H,5,17H2. The Balaban J connectivity index is 1.17. The van der Waals surface area contributed by atoms with Crippen LogP contribution in [0.5, 0.6) is 0 Å². The number of thiophene rings is 1. The summed E-state index contributed by atoms with van der Waals surface area (Å²) in [5.74, 6) is 0. The van der Waals surface area contributed by atoms with Crippen LogP contribution in [-0.2, 0) is 6.42 Å². The lowest BCUT2D eigenvalue weighted by molar-refractivity contribution is 1.00. The SMILES string of the molecule is C1=Cc2c(c3ccc(-c4cccc(Nc5ccc6c(sc7ccccc76)c5-c5ccccc5)c4)cc3c3ccccc23)CC1. The zero-order chi connectivity index (χ0) is 29.0. The normalized spacial score (nSPS) is 12.7. The van der Waals surface area contributed by atoms with Gasteiger partial charge in [-0.15, -0.1) is 11.3 Å². The Morgan fingerprint density at radius 1 is 0.523 bits per heavy atom. The number of benzene rings is 7. The molecule has 44 heavy (non-hydrogen) atoms. The summed E-state index contributed by atoms with van der Waals surface area (Å²) in [4.78, 5) is 0. The molecule has 208 valence electrons. The molecule has 0 saturated heterocycles. The van der Waals surface area contributed by atoms with Gasteiger partial charge in [-0.3, -0.25) is 0 Å². The fourth-order valence-corrected chi connectivity index (χ4v) is 8.35. The molecular formula is C42H29NS. The summed E-state index contributed by atoms with van der Waals surface area (Å²) in [5.41, 5.74) is 10.0. The van der Waals surface area contributed by atoms with E-state index in [-0.39, 0.29) is 0 Å². The summed E-state index contributed by atoms with van der Waals surface area (Å²) < 4.78 is 2.64. The topological polar surface area (TPSA) is 12.0 Å². The molecule has 1 aromatic heterocycles. The molecular weight excluding hydrogens is 551 g/mol. The third-order valence-corrected chi connectivity index (χ3v) is 10.3. The molecule has 1 heterocycles. The van der Waals surface area contributed by atoms with Crippen molar-refractivity contribution in [3.8, 4) is 22.3 Å². The number of rotatable bonds is 4. The molecule has 1 nitrogen and oxygen atoms in total. The summed E-state index contributed by atoms with van der Waals surface area (Å²) in [6.07, 6.45) is 6.84. The number of fused-ring (bicyclic) bond motifs is 9. The second kappa shape index (κ2) is 10.2. The predicted molar refractivity (Wildman–Crippen MR) is 192 cm³/mol. The van der Waals surface area contributed by atoms with Gasteiger partial charge in [-0.1, -0.05) is 115 Å². The van der Waals surface area contributed by atoms with Gasteiger partial charge in [0.1, 0.15) is 0 Å². The molecule has 0 saturated carbocycles. The maximum absolute atomic E-state index is 3.82. The molecule has 1 aliphatic rings. The maximum Gasteiger partial charge on any atom is 0.0478 e. The van der Waals surface area contributed by atoms with Crippen molar-refractivity contribution >= 4 is 70.5 Å². The number of allylic oxidation sites excluding steroid dienone is 1. The van der Waals surface area contributed by atoms with Crippen LogP contribution in [0.25, 0.3) is 70.0 Å². The summed E-state index contributed by atoms with van der Waals surface area (Å²) in [6.45, 7) is 0. The molecule has 0 fully saturated rings. The summed E-state index contributed by atoms with van der Waals surface area (Å²) >= 11 is 1.88. The van der Waals surface area contributed by atoms with Crippen molar-refractivity contribution in [2.45, 2.75) is 12.8 Å². The zero-order valence-electron chi connectivity index (χ0n) is 24.2. The van der Waals surface area contributed by atoms with Crippen molar-refractivity contribution in [3.05, 3.63) is 151 Å². The van der Waals surface area contributed by atoms with E-state index in [4.69, 9.17) is 0 Å². The first kappa shape index (κ1) is 25.3. The van der Waals surface area contributed by atoms with Gasteiger partial charge in [-0.2, -0.15) is 0 Å². The highest BCUT2D eigenvalue weighted by Gasteiger charge is 2.17. The molecule has 0 unspecified atom stereocenters. The quantitative estimate of drug-likeness (QED) is 0.205. The van der Waals surface area contributed by atoms with Gasteiger partial charge in [0.15, 0.2) is 0 Å². The Hall–Kier alpha value is -5.18. The molecule has 0 atom stereocenters. The third-order valence-electron chi connectivity index (χ3n) is 9.11. The first-order valence-corrected chi connectivity index (χ1v) is 16.1. The van der Waals surface area contributed by atoms with Crippen LogP contribution in [0.1, 0.15) is 17.5 Å². The average molecular weight is 580 g/mol. The lowest BCUT2D eigenvalue weighted by Crippen LogP contribution is -1.98. The summed E-state index contributed by atoms with van der Waals surface area (Å²) in [7, 11) is 0. The predicted octanol–water partition coefficient (Wildman–Crippen LogP) is 12.4. The van der Waals surface area contributed by atoms with Gasteiger partial charge in [0.05, 0.1) is 0 Å². The van der Waals surface area contributed by atoms with E-state index in [0.29, 0.717) is 0 Å². The molecule has 7 aromatic carbocycles. The Bertz CT molecular complexity index is 2410. The van der Waals surface area contributed by atoms with E-state index in [9.17, 15) is 0 Å². The average Bonchev–Trinajstić information content (AvgIpc) is 3.47. The summed E-state index contributed by atoms with van der Waals surface area (Å²) in [5, 5.41) is 11.9. The monoisotopic (exact) mass is 579 g/mol.